The Morgan fingerprint density at radius 2 is 1.23 bits per heavy atom. The molecule has 240 valence electrons. The van der Waals surface area contributed by atoms with Crippen LogP contribution in [-0.4, -0.2) is 68.5 Å². The van der Waals surface area contributed by atoms with Gasteiger partial charge >= 0.3 is 0 Å². The molecule has 0 saturated heterocycles. The second-order valence-electron chi connectivity index (χ2n) is 12.5. The zero-order valence-electron chi connectivity index (χ0n) is 26.8. The molecule has 0 aromatic carbocycles. The standard InChI is InChI=1S/C31H65N2O6P/c1-6-8-10-12-14-16-17-18-20-22-24-30(34)29(28-39-40(36,37)38-27-26-33(3,4)5)32-31(35)25-23-21-19-15-13-11-9-7-2/h29-30,34H,6-28H2,1-5H3,(H-,32,35,36,37)/t29-,30+/m0/s1. The maximum atomic E-state index is 12.6. The minimum absolute atomic E-state index is 0.0148. The number of carbonyl (C=O) groups excluding carboxylic acids is 1. The first-order valence-corrected chi connectivity index (χ1v) is 17.8. The van der Waals surface area contributed by atoms with Crippen molar-refractivity contribution in [2.24, 2.45) is 0 Å². The summed E-state index contributed by atoms with van der Waals surface area (Å²) < 4.78 is 23.0. The van der Waals surface area contributed by atoms with E-state index in [9.17, 15) is 19.4 Å². The van der Waals surface area contributed by atoms with E-state index in [4.69, 9.17) is 9.05 Å². The topological polar surface area (TPSA) is 108 Å². The summed E-state index contributed by atoms with van der Waals surface area (Å²) in [4.78, 5) is 24.9. The third-order valence-corrected chi connectivity index (χ3v) is 8.31. The number of quaternary nitrogens is 1. The van der Waals surface area contributed by atoms with Crippen LogP contribution in [0.1, 0.15) is 142 Å². The second-order valence-corrected chi connectivity index (χ2v) is 13.9. The van der Waals surface area contributed by atoms with Crippen molar-refractivity contribution in [3.63, 3.8) is 0 Å². The van der Waals surface area contributed by atoms with Gasteiger partial charge in [0.2, 0.25) is 5.91 Å². The SMILES string of the molecule is CCCCCCCCCCCC[C@@H](O)[C@H](COP(=O)([O-])OCC[N+](C)(C)C)NC(=O)CCCCCCCCCC. The maximum Gasteiger partial charge on any atom is 0.268 e. The molecule has 0 aromatic rings. The van der Waals surface area contributed by atoms with Crippen molar-refractivity contribution in [1.29, 1.82) is 0 Å². The first-order chi connectivity index (χ1) is 19.0. The molecule has 0 heterocycles. The number of hydrogen-bond donors (Lipinski definition) is 2. The Morgan fingerprint density at radius 3 is 1.70 bits per heavy atom. The molecule has 1 amide bonds. The highest BCUT2D eigenvalue weighted by atomic mass is 31.2. The molecule has 0 aliphatic carbocycles. The molecule has 9 heteroatoms. The van der Waals surface area contributed by atoms with Gasteiger partial charge in [0, 0.05) is 6.42 Å². The summed E-state index contributed by atoms with van der Waals surface area (Å²) >= 11 is 0. The number of unbranched alkanes of at least 4 members (excludes halogenated alkanes) is 16. The Balaban J connectivity index is 4.56. The lowest BCUT2D eigenvalue weighted by atomic mass is 10.0. The van der Waals surface area contributed by atoms with Crippen LogP contribution in [0.5, 0.6) is 0 Å². The van der Waals surface area contributed by atoms with Crippen molar-refractivity contribution < 1.29 is 32.9 Å². The van der Waals surface area contributed by atoms with Crippen molar-refractivity contribution >= 4 is 13.7 Å². The first kappa shape index (κ1) is 39.5. The van der Waals surface area contributed by atoms with Crippen LogP contribution in [0.25, 0.3) is 0 Å². The summed E-state index contributed by atoms with van der Waals surface area (Å²) in [5.74, 6) is -0.173. The quantitative estimate of drug-likeness (QED) is 0.0557. The van der Waals surface area contributed by atoms with Crippen molar-refractivity contribution in [2.75, 3.05) is 40.9 Å². The molecule has 0 aromatic heterocycles. The van der Waals surface area contributed by atoms with Gasteiger partial charge in [-0.2, -0.15) is 0 Å². The zero-order valence-corrected chi connectivity index (χ0v) is 27.7. The Bertz CT molecular complexity index is 644. The molecular formula is C31H65N2O6P. The summed E-state index contributed by atoms with van der Waals surface area (Å²) in [6.07, 6.45) is 21.1. The third kappa shape index (κ3) is 26.4. The van der Waals surface area contributed by atoms with Gasteiger partial charge in [0.15, 0.2) is 0 Å². The van der Waals surface area contributed by atoms with E-state index in [-0.39, 0.29) is 19.1 Å². The normalized spacial score (nSPS) is 15.1. The summed E-state index contributed by atoms with van der Waals surface area (Å²) in [5, 5.41) is 13.7. The van der Waals surface area contributed by atoms with Crippen LogP contribution in [0.2, 0.25) is 0 Å². The average Bonchev–Trinajstić information content (AvgIpc) is 2.88. The summed E-state index contributed by atoms with van der Waals surface area (Å²) in [6, 6.07) is -0.788. The molecule has 0 spiro atoms. The molecule has 1 unspecified atom stereocenters. The number of nitrogens with zero attached hydrogens (tertiary/aromatic N) is 1. The van der Waals surface area contributed by atoms with Gasteiger partial charge in [-0.25, -0.2) is 0 Å². The third-order valence-electron chi connectivity index (χ3n) is 7.35. The lowest BCUT2D eigenvalue weighted by Crippen LogP contribution is -2.46. The number of carbonyl (C=O) groups is 1. The van der Waals surface area contributed by atoms with Crippen LogP contribution in [0.4, 0.5) is 0 Å². The zero-order chi connectivity index (χ0) is 30.1. The molecule has 0 aliphatic heterocycles. The molecule has 40 heavy (non-hydrogen) atoms. The highest BCUT2D eigenvalue weighted by Crippen LogP contribution is 2.38. The molecule has 8 nitrogen and oxygen atoms in total. The van der Waals surface area contributed by atoms with Crippen molar-refractivity contribution in [1.82, 2.24) is 5.32 Å². The van der Waals surface area contributed by atoms with Crippen molar-refractivity contribution in [2.45, 2.75) is 154 Å². The lowest BCUT2D eigenvalue weighted by Gasteiger charge is -2.30. The van der Waals surface area contributed by atoms with Gasteiger partial charge in [0.25, 0.3) is 7.82 Å². The molecular weight excluding hydrogens is 527 g/mol. The largest absolute Gasteiger partial charge is 0.756 e. The predicted octanol–water partition coefficient (Wildman–Crippen LogP) is 6.88. The van der Waals surface area contributed by atoms with Gasteiger partial charge < -0.3 is 28.8 Å². The van der Waals surface area contributed by atoms with Crippen LogP contribution in [0.15, 0.2) is 0 Å². The van der Waals surface area contributed by atoms with Gasteiger partial charge in [-0.15, -0.1) is 0 Å². The Labute approximate surface area is 247 Å². The molecule has 0 radical (unpaired) electrons. The van der Waals surface area contributed by atoms with E-state index < -0.39 is 20.0 Å². The van der Waals surface area contributed by atoms with E-state index in [1.165, 1.54) is 77.0 Å². The van der Waals surface area contributed by atoms with E-state index in [0.29, 0.717) is 23.9 Å². The number of hydrogen-bond acceptors (Lipinski definition) is 6. The fraction of sp³-hybridized carbons (Fsp3) is 0.968. The lowest BCUT2D eigenvalue weighted by molar-refractivity contribution is -0.870. The Hall–Kier alpha value is -0.500. The van der Waals surface area contributed by atoms with Crippen LogP contribution in [0, 0.1) is 0 Å². The Kier molecular flexibility index (Phi) is 24.7. The minimum atomic E-state index is -4.53. The summed E-state index contributed by atoms with van der Waals surface area (Å²) in [6.45, 7) is 4.64. The number of nitrogens with one attached hydrogen (secondary N) is 1. The van der Waals surface area contributed by atoms with E-state index in [1.807, 2.05) is 21.1 Å². The molecule has 0 fully saturated rings. The number of amides is 1. The first-order valence-electron chi connectivity index (χ1n) is 16.4. The number of rotatable bonds is 29. The number of phosphoric ester groups is 1. The fourth-order valence-corrected chi connectivity index (χ4v) is 5.35. The minimum Gasteiger partial charge on any atom is -0.756 e. The summed E-state index contributed by atoms with van der Waals surface area (Å²) in [5.41, 5.74) is 0. The highest BCUT2D eigenvalue weighted by Gasteiger charge is 2.24. The molecule has 0 saturated carbocycles. The van der Waals surface area contributed by atoms with Gasteiger partial charge in [-0.05, 0) is 12.8 Å². The molecule has 0 rings (SSSR count). The second kappa shape index (κ2) is 25.0. The van der Waals surface area contributed by atoms with Crippen LogP contribution in [0.3, 0.4) is 0 Å². The molecule has 3 atom stereocenters. The predicted molar refractivity (Wildman–Crippen MR) is 164 cm³/mol. The van der Waals surface area contributed by atoms with Gasteiger partial charge in [-0.3, -0.25) is 9.36 Å². The van der Waals surface area contributed by atoms with E-state index in [1.54, 1.807) is 0 Å². The van der Waals surface area contributed by atoms with Crippen molar-refractivity contribution in [3.05, 3.63) is 0 Å². The van der Waals surface area contributed by atoms with E-state index in [0.717, 1.165) is 38.5 Å². The molecule has 0 aliphatic rings. The fourth-order valence-electron chi connectivity index (χ4n) is 4.62. The average molecular weight is 593 g/mol. The van der Waals surface area contributed by atoms with Gasteiger partial charge in [0.05, 0.1) is 39.9 Å². The molecule has 0 bridgehead atoms. The Morgan fingerprint density at radius 1 is 0.775 bits per heavy atom. The van der Waals surface area contributed by atoms with E-state index >= 15 is 0 Å². The number of likely N-dealkylation sites (N-methyl/N-ethyl adjacent to an activating group) is 1. The monoisotopic (exact) mass is 592 g/mol. The number of aliphatic hydroxyl groups excluding tert-OH is 1. The summed E-state index contributed by atoms with van der Waals surface area (Å²) in [7, 11) is 1.30. The molecule has 2 N–H and O–H groups in total. The van der Waals surface area contributed by atoms with E-state index in [2.05, 4.69) is 19.2 Å². The van der Waals surface area contributed by atoms with Crippen LogP contribution >= 0.6 is 7.82 Å². The van der Waals surface area contributed by atoms with Crippen LogP contribution in [-0.2, 0) is 18.4 Å². The van der Waals surface area contributed by atoms with Crippen molar-refractivity contribution in [3.8, 4) is 0 Å². The van der Waals surface area contributed by atoms with Gasteiger partial charge in [-0.1, -0.05) is 123 Å². The highest BCUT2D eigenvalue weighted by molar-refractivity contribution is 7.45. The number of aliphatic hydroxyl groups is 1. The maximum absolute atomic E-state index is 12.6. The van der Waals surface area contributed by atoms with Crippen LogP contribution < -0.4 is 10.2 Å². The smallest absolute Gasteiger partial charge is 0.268 e. The number of phosphoric acid groups is 1. The van der Waals surface area contributed by atoms with Gasteiger partial charge in [0.1, 0.15) is 13.2 Å².